The SMILES string of the molecule is CCO.O=C(O)c1c(F)c(F)c(C(=O)O)c(F)c1F. The number of carbonyl (C=O) groups is 2. The highest BCUT2D eigenvalue weighted by Crippen LogP contribution is 2.24. The first kappa shape index (κ1) is 16.8. The molecule has 0 bridgehead atoms. The highest BCUT2D eigenvalue weighted by Gasteiger charge is 2.31. The normalized spacial score (nSPS) is 9.58. The van der Waals surface area contributed by atoms with Crippen LogP contribution >= 0.6 is 0 Å². The molecule has 0 aliphatic rings. The first-order chi connectivity index (χ1) is 8.70. The number of rotatable bonds is 2. The molecule has 3 N–H and O–H groups in total. The largest absolute Gasteiger partial charge is 0.477 e. The lowest BCUT2D eigenvalue weighted by Crippen LogP contribution is -2.15. The van der Waals surface area contributed by atoms with Gasteiger partial charge in [0.1, 0.15) is 11.1 Å². The summed E-state index contributed by atoms with van der Waals surface area (Å²) in [5.74, 6) is -13.5. The Labute approximate surface area is 103 Å². The van der Waals surface area contributed by atoms with Crippen LogP contribution in [0, 0.1) is 23.3 Å². The molecule has 19 heavy (non-hydrogen) atoms. The fourth-order valence-electron chi connectivity index (χ4n) is 1.01. The maximum Gasteiger partial charge on any atom is 0.341 e. The molecular weight excluding hydrogens is 276 g/mol. The monoisotopic (exact) mass is 284 g/mol. The predicted molar refractivity (Wildman–Crippen MR) is 53.0 cm³/mol. The van der Waals surface area contributed by atoms with Gasteiger partial charge >= 0.3 is 11.9 Å². The summed E-state index contributed by atoms with van der Waals surface area (Å²) in [4.78, 5) is 20.5. The standard InChI is InChI=1S/C8H2F4O4.C2H6O/c9-3-1(7(13)14)4(10)6(12)2(5(3)11)8(15)16;1-2-3/h(H,13,14)(H,15,16);3H,2H2,1H3. The minimum Gasteiger partial charge on any atom is -0.477 e. The van der Waals surface area contributed by atoms with Gasteiger partial charge in [-0.2, -0.15) is 0 Å². The van der Waals surface area contributed by atoms with E-state index in [1.807, 2.05) is 0 Å². The third kappa shape index (κ3) is 3.41. The number of aliphatic hydroxyl groups is 1. The van der Waals surface area contributed by atoms with Crippen LogP contribution in [0.3, 0.4) is 0 Å². The maximum atomic E-state index is 12.9. The molecular formula is C10H8F4O5. The zero-order valence-corrected chi connectivity index (χ0v) is 9.38. The van der Waals surface area contributed by atoms with Crippen molar-refractivity contribution in [3.63, 3.8) is 0 Å². The van der Waals surface area contributed by atoms with Gasteiger partial charge in [-0.05, 0) is 6.92 Å². The number of aliphatic hydroxyl groups excluding tert-OH is 1. The van der Waals surface area contributed by atoms with Gasteiger partial charge in [0.05, 0.1) is 0 Å². The van der Waals surface area contributed by atoms with E-state index in [1.165, 1.54) is 0 Å². The van der Waals surface area contributed by atoms with Gasteiger partial charge in [-0.25, -0.2) is 27.2 Å². The van der Waals surface area contributed by atoms with E-state index in [-0.39, 0.29) is 6.61 Å². The van der Waals surface area contributed by atoms with Crippen LogP contribution in [0.25, 0.3) is 0 Å². The van der Waals surface area contributed by atoms with Crippen LogP contribution in [0.4, 0.5) is 17.6 Å². The van der Waals surface area contributed by atoms with E-state index in [0.29, 0.717) is 0 Å². The van der Waals surface area contributed by atoms with E-state index in [4.69, 9.17) is 15.3 Å². The summed E-state index contributed by atoms with van der Waals surface area (Å²) in [6.07, 6.45) is 0. The molecule has 0 fully saturated rings. The molecule has 1 aromatic carbocycles. The van der Waals surface area contributed by atoms with Gasteiger partial charge in [-0.15, -0.1) is 0 Å². The third-order valence-electron chi connectivity index (χ3n) is 1.69. The smallest absolute Gasteiger partial charge is 0.341 e. The van der Waals surface area contributed by atoms with Crippen LogP contribution in [0.15, 0.2) is 0 Å². The van der Waals surface area contributed by atoms with E-state index in [0.717, 1.165) is 0 Å². The van der Waals surface area contributed by atoms with Crippen molar-refractivity contribution in [2.45, 2.75) is 6.92 Å². The maximum absolute atomic E-state index is 12.9. The summed E-state index contributed by atoms with van der Waals surface area (Å²) in [5.41, 5.74) is -3.75. The highest BCUT2D eigenvalue weighted by molar-refractivity contribution is 5.92. The topological polar surface area (TPSA) is 94.8 Å². The molecule has 0 aliphatic carbocycles. The lowest BCUT2D eigenvalue weighted by Gasteiger charge is -2.05. The Morgan fingerprint density at radius 3 is 1.11 bits per heavy atom. The average molecular weight is 284 g/mol. The van der Waals surface area contributed by atoms with Gasteiger partial charge in [0.15, 0.2) is 23.3 Å². The predicted octanol–water partition coefficient (Wildman–Crippen LogP) is 1.64. The number of hydrogen-bond donors (Lipinski definition) is 3. The summed E-state index contributed by atoms with van der Waals surface area (Å²) in [6, 6.07) is 0. The number of aromatic carboxylic acids is 2. The van der Waals surface area contributed by atoms with E-state index in [2.05, 4.69) is 0 Å². The highest BCUT2D eigenvalue weighted by atomic mass is 19.2. The molecule has 0 aromatic heterocycles. The fourth-order valence-corrected chi connectivity index (χ4v) is 1.01. The van der Waals surface area contributed by atoms with Crippen molar-refractivity contribution in [3.05, 3.63) is 34.4 Å². The molecule has 0 aliphatic heterocycles. The Hall–Kier alpha value is -2.16. The molecule has 1 rings (SSSR count). The number of carboxylic acids is 2. The zero-order chi connectivity index (χ0) is 15.3. The molecule has 0 amide bonds. The number of benzene rings is 1. The van der Waals surface area contributed by atoms with Gasteiger partial charge in [0.25, 0.3) is 0 Å². The summed E-state index contributed by atoms with van der Waals surface area (Å²) in [5, 5.41) is 24.1. The molecule has 0 atom stereocenters. The number of carboxylic acid groups (broad SMARTS) is 2. The Bertz CT molecular complexity index is 441. The average Bonchev–Trinajstić information content (AvgIpc) is 2.27. The summed E-state index contributed by atoms with van der Waals surface area (Å²) in [6.45, 7) is 1.93. The molecule has 106 valence electrons. The fraction of sp³-hybridized carbons (Fsp3) is 0.200. The molecule has 0 spiro atoms. The second kappa shape index (κ2) is 6.69. The van der Waals surface area contributed by atoms with E-state index in [9.17, 15) is 27.2 Å². The van der Waals surface area contributed by atoms with Crippen molar-refractivity contribution >= 4 is 11.9 Å². The lowest BCUT2D eigenvalue weighted by atomic mass is 10.1. The van der Waals surface area contributed by atoms with Crippen molar-refractivity contribution in [2.24, 2.45) is 0 Å². The van der Waals surface area contributed by atoms with Crippen LogP contribution < -0.4 is 0 Å². The second-order valence-corrected chi connectivity index (χ2v) is 2.93. The van der Waals surface area contributed by atoms with Gasteiger partial charge in [-0.3, -0.25) is 0 Å². The molecule has 9 heteroatoms. The molecule has 0 saturated heterocycles. The van der Waals surface area contributed by atoms with Gasteiger partial charge < -0.3 is 15.3 Å². The Morgan fingerprint density at radius 2 is 1.00 bits per heavy atom. The van der Waals surface area contributed by atoms with Gasteiger partial charge in [0, 0.05) is 6.61 Å². The molecule has 5 nitrogen and oxygen atoms in total. The molecule has 0 unspecified atom stereocenters. The lowest BCUT2D eigenvalue weighted by molar-refractivity contribution is 0.0658. The van der Waals surface area contributed by atoms with Crippen molar-refractivity contribution in [1.29, 1.82) is 0 Å². The van der Waals surface area contributed by atoms with E-state index < -0.39 is 46.3 Å². The first-order valence-electron chi connectivity index (χ1n) is 4.63. The second-order valence-electron chi connectivity index (χ2n) is 2.93. The number of hydrogen-bond acceptors (Lipinski definition) is 3. The van der Waals surface area contributed by atoms with Crippen LogP contribution in [0.1, 0.15) is 27.6 Å². The van der Waals surface area contributed by atoms with Gasteiger partial charge in [-0.1, -0.05) is 0 Å². The third-order valence-corrected chi connectivity index (χ3v) is 1.69. The minimum atomic E-state index is -2.26. The summed E-state index contributed by atoms with van der Waals surface area (Å²) >= 11 is 0. The zero-order valence-electron chi connectivity index (χ0n) is 9.38. The summed E-state index contributed by atoms with van der Waals surface area (Å²) < 4.78 is 51.6. The molecule has 1 aromatic rings. The first-order valence-corrected chi connectivity index (χ1v) is 4.63. The van der Waals surface area contributed by atoms with Crippen LogP contribution in [-0.2, 0) is 0 Å². The van der Waals surface area contributed by atoms with Crippen LogP contribution in [0.5, 0.6) is 0 Å². The van der Waals surface area contributed by atoms with Crippen LogP contribution in [0.2, 0.25) is 0 Å². The van der Waals surface area contributed by atoms with Crippen molar-refractivity contribution in [1.82, 2.24) is 0 Å². The van der Waals surface area contributed by atoms with Gasteiger partial charge in [0.2, 0.25) is 0 Å². The quantitative estimate of drug-likeness (QED) is 0.567. The van der Waals surface area contributed by atoms with Crippen LogP contribution in [-0.4, -0.2) is 33.9 Å². The van der Waals surface area contributed by atoms with E-state index in [1.54, 1.807) is 6.92 Å². The van der Waals surface area contributed by atoms with Crippen molar-refractivity contribution in [3.8, 4) is 0 Å². The van der Waals surface area contributed by atoms with Crippen molar-refractivity contribution < 1.29 is 42.5 Å². The summed E-state index contributed by atoms with van der Waals surface area (Å²) in [7, 11) is 0. The van der Waals surface area contributed by atoms with Crippen molar-refractivity contribution in [2.75, 3.05) is 6.61 Å². The molecule has 0 radical (unpaired) electrons. The molecule has 0 saturated carbocycles. The minimum absolute atomic E-state index is 0.250. The molecule has 0 heterocycles. The Balaban J connectivity index is 0.000000982. The Morgan fingerprint density at radius 1 is 0.842 bits per heavy atom. The Kier molecular flexibility index (Phi) is 5.93. The van der Waals surface area contributed by atoms with E-state index >= 15 is 0 Å². The number of halogens is 4.